The van der Waals surface area contributed by atoms with Crippen LogP contribution in [0.1, 0.15) is 50.0 Å². The molecule has 0 spiro atoms. The molecule has 0 aromatic heterocycles. The molecule has 4 rings (SSSR count). The standard InChI is InChI=1S/C24H27NO8/c1-22(2,3)16-11-8-10-14(17(27)13-9(23(10,4)32)6-5-7-12(13)26)19(29)24(11,33)20(30)15(18(16)28)21(25)31/h5-7,10-11,14-16,26,32-33H,8H2,1-4H3,(H2,25,31). The van der Waals surface area contributed by atoms with Crippen molar-refractivity contribution in [2.45, 2.75) is 45.3 Å². The largest absolute Gasteiger partial charge is 0.507 e. The van der Waals surface area contributed by atoms with Gasteiger partial charge in [0.25, 0.3) is 0 Å². The summed E-state index contributed by atoms with van der Waals surface area (Å²) in [6.45, 7) is 6.44. The van der Waals surface area contributed by atoms with E-state index in [1.165, 1.54) is 25.1 Å². The van der Waals surface area contributed by atoms with Gasteiger partial charge in [0.15, 0.2) is 34.7 Å². The Morgan fingerprint density at radius 2 is 1.67 bits per heavy atom. The number of aromatic hydroxyl groups is 1. The van der Waals surface area contributed by atoms with E-state index < -0.39 is 81.0 Å². The lowest BCUT2D eigenvalue weighted by Crippen LogP contribution is -2.73. The number of amides is 1. The number of rotatable bonds is 1. The van der Waals surface area contributed by atoms with Gasteiger partial charge in [0.05, 0.1) is 17.1 Å². The van der Waals surface area contributed by atoms with Crippen molar-refractivity contribution in [1.29, 1.82) is 0 Å². The zero-order valence-electron chi connectivity index (χ0n) is 18.8. The molecule has 2 fully saturated rings. The molecule has 7 unspecified atom stereocenters. The first kappa shape index (κ1) is 23.3. The van der Waals surface area contributed by atoms with Gasteiger partial charge in [-0.3, -0.25) is 24.0 Å². The number of hydrogen-bond donors (Lipinski definition) is 4. The zero-order chi connectivity index (χ0) is 24.8. The first-order valence-corrected chi connectivity index (χ1v) is 10.8. The molecule has 2 saturated carbocycles. The van der Waals surface area contributed by atoms with Crippen molar-refractivity contribution in [2.24, 2.45) is 40.7 Å². The van der Waals surface area contributed by atoms with Gasteiger partial charge in [-0.2, -0.15) is 0 Å². The Kier molecular flexibility index (Phi) is 4.79. The van der Waals surface area contributed by atoms with Gasteiger partial charge >= 0.3 is 0 Å². The van der Waals surface area contributed by atoms with Crippen molar-refractivity contribution in [3.63, 3.8) is 0 Å². The van der Waals surface area contributed by atoms with Crippen LogP contribution < -0.4 is 5.73 Å². The fourth-order valence-electron chi connectivity index (χ4n) is 6.32. The molecule has 9 heteroatoms. The van der Waals surface area contributed by atoms with Gasteiger partial charge < -0.3 is 21.1 Å². The zero-order valence-corrected chi connectivity index (χ0v) is 18.8. The molecule has 9 nitrogen and oxygen atoms in total. The highest BCUT2D eigenvalue weighted by atomic mass is 16.3. The van der Waals surface area contributed by atoms with Gasteiger partial charge in [0.2, 0.25) is 5.91 Å². The van der Waals surface area contributed by atoms with Gasteiger partial charge in [0.1, 0.15) is 5.75 Å². The molecule has 0 radical (unpaired) electrons. The van der Waals surface area contributed by atoms with Crippen molar-refractivity contribution in [3.05, 3.63) is 29.3 Å². The third kappa shape index (κ3) is 2.81. The fraction of sp³-hybridized carbons (Fsp3) is 0.542. The monoisotopic (exact) mass is 457 g/mol. The van der Waals surface area contributed by atoms with Crippen LogP contribution in [0.2, 0.25) is 0 Å². The van der Waals surface area contributed by atoms with E-state index in [1.807, 2.05) is 0 Å². The quantitative estimate of drug-likeness (QED) is 0.435. The summed E-state index contributed by atoms with van der Waals surface area (Å²) in [7, 11) is 0. The van der Waals surface area contributed by atoms with E-state index in [4.69, 9.17) is 5.73 Å². The average molecular weight is 457 g/mol. The second-order valence-corrected chi connectivity index (χ2v) is 10.7. The van der Waals surface area contributed by atoms with Crippen LogP contribution in [-0.4, -0.2) is 50.0 Å². The first-order chi connectivity index (χ1) is 15.1. The smallest absolute Gasteiger partial charge is 0.235 e. The maximum absolute atomic E-state index is 13.7. The highest BCUT2D eigenvalue weighted by Gasteiger charge is 2.72. The second-order valence-electron chi connectivity index (χ2n) is 10.7. The van der Waals surface area contributed by atoms with Gasteiger partial charge in [0, 0.05) is 17.8 Å². The van der Waals surface area contributed by atoms with Crippen molar-refractivity contribution >= 4 is 29.0 Å². The Labute approximate surface area is 190 Å². The van der Waals surface area contributed by atoms with Crippen LogP contribution in [0.4, 0.5) is 0 Å². The van der Waals surface area contributed by atoms with Crippen LogP contribution in [0.3, 0.4) is 0 Å². The third-order valence-electron chi connectivity index (χ3n) is 7.79. The van der Waals surface area contributed by atoms with Crippen LogP contribution in [-0.2, 0) is 24.8 Å². The number of ketones is 4. The molecule has 0 bridgehead atoms. The summed E-state index contributed by atoms with van der Waals surface area (Å²) in [5.41, 5.74) is -0.264. The van der Waals surface area contributed by atoms with Crippen LogP contribution in [0.15, 0.2) is 18.2 Å². The Bertz CT molecular complexity index is 1130. The fourth-order valence-corrected chi connectivity index (χ4v) is 6.32. The maximum Gasteiger partial charge on any atom is 0.235 e. The molecule has 0 heterocycles. The van der Waals surface area contributed by atoms with E-state index >= 15 is 0 Å². The third-order valence-corrected chi connectivity index (χ3v) is 7.79. The summed E-state index contributed by atoms with van der Waals surface area (Å²) >= 11 is 0. The number of benzene rings is 1. The van der Waals surface area contributed by atoms with E-state index in [-0.39, 0.29) is 17.5 Å². The molecule has 0 saturated heterocycles. The molecule has 3 aliphatic carbocycles. The topological polar surface area (TPSA) is 172 Å². The van der Waals surface area contributed by atoms with Crippen LogP contribution in [0.5, 0.6) is 5.75 Å². The Hall–Kier alpha value is -2.91. The lowest BCUT2D eigenvalue weighted by atomic mass is 9.46. The summed E-state index contributed by atoms with van der Waals surface area (Å²) in [4.78, 5) is 65.7. The highest BCUT2D eigenvalue weighted by Crippen LogP contribution is 2.58. The van der Waals surface area contributed by atoms with Crippen LogP contribution in [0.25, 0.3) is 0 Å². The normalized spacial score (nSPS) is 38.4. The number of phenolic OH excluding ortho intramolecular Hbond substituents is 1. The number of fused-ring (bicyclic) bond motifs is 3. The SMILES string of the molecule is CC(C)(C)C1C(=O)C(C(N)=O)C(=O)C2(O)C(=O)C3C(=O)c4c(O)cccc4C(C)(O)C3CC12. The molecule has 0 aliphatic heterocycles. The van der Waals surface area contributed by atoms with Crippen LogP contribution in [0, 0.1) is 35.0 Å². The van der Waals surface area contributed by atoms with E-state index in [0.29, 0.717) is 0 Å². The molecule has 1 aromatic carbocycles. The number of aliphatic hydroxyl groups is 2. The highest BCUT2D eigenvalue weighted by molar-refractivity contribution is 6.32. The second kappa shape index (κ2) is 6.80. The van der Waals surface area contributed by atoms with Crippen molar-refractivity contribution < 1.29 is 39.3 Å². The number of nitrogens with two attached hydrogens (primary N) is 1. The minimum atomic E-state index is -2.81. The Balaban J connectivity index is 1.97. The van der Waals surface area contributed by atoms with Gasteiger partial charge in [-0.25, -0.2) is 0 Å². The van der Waals surface area contributed by atoms with E-state index in [0.717, 1.165) is 0 Å². The lowest BCUT2D eigenvalue weighted by molar-refractivity contribution is -0.192. The lowest BCUT2D eigenvalue weighted by Gasteiger charge is -2.56. The maximum atomic E-state index is 13.7. The van der Waals surface area contributed by atoms with Gasteiger partial charge in [-0.1, -0.05) is 32.9 Å². The first-order valence-electron chi connectivity index (χ1n) is 10.8. The number of carbonyl (C=O) groups is 5. The number of carbonyl (C=O) groups excluding carboxylic acids is 5. The van der Waals surface area contributed by atoms with E-state index in [2.05, 4.69) is 0 Å². The van der Waals surface area contributed by atoms with Crippen molar-refractivity contribution in [3.8, 4) is 5.75 Å². The van der Waals surface area contributed by atoms with E-state index in [1.54, 1.807) is 20.8 Å². The van der Waals surface area contributed by atoms with Gasteiger partial charge in [-0.05, 0) is 30.4 Å². The molecular weight excluding hydrogens is 430 g/mol. The minimum absolute atomic E-state index is 0.128. The van der Waals surface area contributed by atoms with Crippen LogP contribution >= 0.6 is 0 Å². The molecular formula is C24H27NO8. The summed E-state index contributed by atoms with van der Waals surface area (Å²) < 4.78 is 0. The Morgan fingerprint density at radius 3 is 2.21 bits per heavy atom. The summed E-state index contributed by atoms with van der Waals surface area (Å²) in [6.07, 6.45) is -0.203. The molecule has 3 aliphatic rings. The molecule has 1 amide bonds. The molecule has 7 atom stereocenters. The van der Waals surface area contributed by atoms with Gasteiger partial charge in [-0.15, -0.1) is 0 Å². The predicted octanol–water partition coefficient (Wildman–Crippen LogP) is 0.264. The molecule has 5 N–H and O–H groups in total. The average Bonchev–Trinajstić information content (AvgIpc) is 2.67. The minimum Gasteiger partial charge on any atom is -0.507 e. The summed E-state index contributed by atoms with van der Waals surface area (Å²) in [5, 5.41) is 33.4. The number of primary amides is 1. The molecule has 1 aromatic rings. The van der Waals surface area contributed by atoms with E-state index in [9.17, 15) is 39.3 Å². The summed E-state index contributed by atoms with van der Waals surface area (Å²) in [5.74, 6) is -12.9. The number of phenols is 1. The van der Waals surface area contributed by atoms with Crippen molar-refractivity contribution in [1.82, 2.24) is 0 Å². The van der Waals surface area contributed by atoms with Crippen molar-refractivity contribution in [2.75, 3.05) is 0 Å². The Morgan fingerprint density at radius 1 is 1.06 bits per heavy atom. The number of Topliss-reactive ketones (excluding diaryl/α,β-unsaturated/α-hetero) is 4. The molecule has 33 heavy (non-hydrogen) atoms. The predicted molar refractivity (Wildman–Crippen MR) is 113 cm³/mol. The number of hydrogen-bond acceptors (Lipinski definition) is 8. The summed E-state index contributed by atoms with van der Waals surface area (Å²) in [6, 6.07) is 4.16. The molecule has 176 valence electrons.